The second-order valence-corrected chi connectivity index (χ2v) is 5.30. The van der Waals surface area contributed by atoms with Crippen molar-refractivity contribution in [3.8, 4) is 24.0 Å². The van der Waals surface area contributed by atoms with Crippen LogP contribution in [0.25, 0.3) is 21.9 Å². The van der Waals surface area contributed by atoms with Crippen LogP contribution in [0.4, 0.5) is 0 Å². The first-order valence-corrected chi connectivity index (χ1v) is 7.38. The van der Waals surface area contributed by atoms with E-state index in [4.69, 9.17) is 20.3 Å². The van der Waals surface area contributed by atoms with Gasteiger partial charge in [-0.25, -0.2) is 0 Å². The van der Waals surface area contributed by atoms with E-state index in [1.54, 1.807) is 0 Å². The number of furan rings is 1. The average Bonchev–Trinajstić information content (AvgIpc) is 2.90. The van der Waals surface area contributed by atoms with Gasteiger partial charge >= 0.3 is 0 Å². The fourth-order valence-electron chi connectivity index (χ4n) is 2.68. The van der Waals surface area contributed by atoms with Crippen LogP contribution in [-0.4, -0.2) is 6.61 Å². The molecule has 112 valence electrons. The van der Waals surface area contributed by atoms with E-state index in [1.165, 1.54) is 0 Å². The van der Waals surface area contributed by atoms with Crippen molar-refractivity contribution in [1.82, 2.24) is 0 Å². The highest BCUT2D eigenvalue weighted by Crippen LogP contribution is 2.38. The molecule has 3 aromatic rings. The van der Waals surface area contributed by atoms with E-state index in [0.717, 1.165) is 45.2 Å². The second kappa shape index (κ2) is 5.65. The van der Waals surface area contributed by atoms with Gasteiger partial charge in [-0.2, -0.15) is 0 Å². The van der Waals surface area contributed by atoms with Gasteiger partial charge in [-0.3, -0.25) is 0 Å². The minimum absolute atomic E-state index is 0.647. The van der Waals surface area contributed by atoms with Crippen molar-refractivity contribution in [3.63, 3.8) is 0 Å². The van der Waals surface area contributed by atoms with E-state index < -0.39 is 0 Å². The Morgan fingerprint density at radius 3 is 2.18 bits per heavy atom. The molecule has 0 atom stereocenters. The van der Waals surface area contributed by atoms with Gasteiger partial charge < -0.3 is 13.9 Å². The number of benzene rings is 2. The molecule has 0 N–H and O–H groups in total. The molecule has 0 spiro atoms. The van der Waals surface area contributed by atoms with Crippen molar-refractivity contribution in [1.29, 1.82) is 0 Å². The first-order chi connectivity index (χ1) is 10.7. The van der Waals surface area contributed by atoms with Crippen LogP contribution < -0.4 is 9.47 Å². The number of aryl methyl sites for hydroxylation is 2. The summed E-state index contributed by atoms with van der Waals surface area (Å²) in [6, 6.07) is 7.90. The standard InChI is InChI=1S/C19H18O3/c1-5-11-21-17-10-8-15-14-7-9-16(20-6-2)12(3)18(14)22-19(15)13(17)4/h2,7-10H,5,11H2,1,3-4H3. The maximum absolute atomic E-state index is 6.09. The Morgan fingerprint density at radius 1 is 1.00 bits per heavy atom. The molecule has 0 bridgehead atoms. The van der Waals surface area contributed by atoms with Crippen molar-refractivity contribution in [2.75, 3.05) is 6.61 Å². The van der Waals surface area contributed by atoms with E-state index in [-0.39, 0.29) is 0 Å². The third kappa shape index (κ3) is 2.17. The lowest BCUT2D eigenvalue weighted by Crippen LogP contribution is -1.96. The Kier molecular flexibility index (Phi) is 3.68. The van der Waals surface area contributed by atoms with Crippen molar-refractivity contribution in [2.24, 2.45) is 0 Å². The molecule has 3 heteroatoms. The molecule has 3 rings (SSSR count). The number of ether oxygens (including phenoxy) is 2. The van der Waals surface area contributed by atoms with Crippen LogP contribution in [0.5, 0.6) is 11.5 Å². The van der Waals surface area contributed by atoms with E-state index in [9.17, 15) is 0 Å². The lowest BCUT2D eigenvalue weighted by atomic mass is 10.1. The van der Waals surface area contributed by atoms with Gasteiger partial charge in [0, 0.05) is 21.9 Å². The monoisotopic (exact) mass is 294 g/mol. The lowest BCUT2D eigenvalue weighted by molar-refractivity contribution is 0.315. The number of rotatable bonds is 4. The average molecular weight is 294 g/mol. The zero-order valence-corrected chi connectivity index (χ0v) is 13.0. The van der Waals surface area contributed by atoms with Gasteiger partial charge in [0.05, 0.1) is 6.61 Å². The Hall–Kier alpha value is -2.60. The molecule has 0 saturated carbocycles. The number of hydrogen-bond acceptors (Lipinski definition) is 3. The summed E-state index contributed by atoms with van der Waals surface area (Å²) in [5, 5.41) is 2.13. The van der Waals surface area contributed by atoms with E-state index in [0.29, 0.717) is 12.4 Å². The van der Waals surface area contributed by atoms with Crippen LogP contribution in [0.2, 0.25) is 0 Å². The summed E-state index contributed by atoms with van der Waals surface area (Å²) in [7, 11) is 0. The van der Waals surface area contributed by atoms with Gasteiger partial charge in [-0.05, 0) is 44.5 Å². The van der Waals surface area contributed by atoms with E-state index in [1.807, 2.05) is 38.1 Å². The summed E-state index contributed by atoms with van der Waals surface area (Å²) in [4.78, 5) is 0. The van der Waals surface area contributed by atoms with Crippen LogP contribution in [0.3, 0.4) is 0 Å². The zero-order chi connectivity index (χ0) is 15.7. The largest absolute Gasteiger partial charge is 0.493 e. The molecule has 0 saturated heterocycles. The third-order valence-electron chi connectivity index (χ3n) is 3.84. The van der Waals surface area contributed by atoms with Crippen LogP contribution in [-0.2, 0) is 0 Å². The summed E-state index contributed by atoms with van der Waals surface area (Å²) in [6.45, 7) is 6.75. The second-order valence-electron chi connectivity index (χ2n) is 5.30. The number of fused-ring (bicyclic) bond motifs is 3. The predicted molar refractivity (Wildman–Crippen MR) is 88.4 cm³/mol. The third-order valence-corrected chi connectivity index (χ3v) is 3.84. The minimum Gasteiger partial charge on any atom is -0.493 e. The molecule has 0 aliphatic rings. The zero-order valence-electron chi connectivity index (χ0n) is 13.0. The maximum atomic E-state index is 6.09. The summed E-state index contributed by atoms with van der Waals surface area (Å²) in [6.07, 6.45) is 8.40. The van der Waals surface area contributed by atoms with Gasteiger partial charge in [0.2, 0.25) is 0 Å². The van der Waals surface area contributed by atoms with Crippen molar-refractivity contribution >= 4 is 21.9 Å². The molecule has 3 nitrogen and oxygen atoms in total. The molecule has 0 aliphatic carbocycles. The molecule has 1 heterocycles. The van der Waals surface area contributed by atoms with Crippen molar-refractivity contribution in [2.45, 2.75) is 27.2 Å². The quantitative estimate of drug-likeness (QED) is 0.637. The van der Waals surface area contributed by atoms with Gasteiger partial charge in [-0.1, -0.05) is 13.3 Å². The Labute approximate surface area is 129 Å². The maximum Gasteiger partial charge on any atom is 0.146 e. The molecule has 0 aliphatic heterocycles. The molecule has 0 fully saturated rings. The van der Waals surface area contributed by atoms with E-state index in [2.05, 4.69) is 13.0 Å². The Bertz CT molecular complexity index is 881. The molecule has 0 radical (unpaired) electrons. The topological polar surface area (TPSA) is 31.6 Å². The van der Waals surface area contributed by atoms with Gasteiger partial charge in [0.25, 0.3) is 0 Å². The van der Waals surface area contributed by atoms with Gasteiger partial charge in [-0.15, -0.1) is 0 Å². The highest BCUT2D eigenvalue weighted by Gasteiger charge is 2.16. The highest BCUT2D eigenvalue weighted by molar-refractivity contribution is 6.07. The van der Waals surface area contributed by atoms with E-state index >= 15 is 0 Å². The molecule has 2 aromatic carbocycles. The van der Waals surface area contributed by atoms with Crippen molar-refractivity contribution < 1.29 is 13.9 Å². The van der Waals surface area contributed by atoms with Crippen LogP contribution in [0.1, 0.15) is 24.5 Å². The number of terminal acetylenes is 1. The first kappa shape index (κ1) is 14.3. The highest BCUT2D eigenvalue weighted by atomic mass is 16.5. The summed E-state index contributed by atoms with van der Waals surface area (Å²) in [5.41, 5.74) is 3.58. The SMILES string of the molecule is C#COc1ccc2c(oc3c(C)c(OCCC)ccc32)c1C. The molecule has 22 heavy (non-hydrogen) atoms. The molecule has 1 aromatic heterocycles. The van der Waals surface area contributed by atoms with Gasteiger partial charge in [0.15, 0.2) is 0 Å². The molecular weight excluding hydrogens is 276 g/mol. The summed E-state index contributed by atoms with van der Waals surface area (Å²) < 4.78 is 17.1. The molecule has 0 amide bonds. The Morgan fingerprint density at radius 2 is 1.59 bits per heavy atom. The predicted octanol–water partition coefficient (Wildman–Crippen LogP) is 4.96. The molecular formula is C19H18O3. The Balaban J connectivity index is 2.22. The van der Waals surface area contributed by atoms with Crippen LogP contribution in [0, 0.1) is 26.4 Å². The minimum atomic E-state index is 0.647. The fourth-order valence-corrected chi connectivity index (χ4v) is 2.68. The van der Waals surface area contributed by atoms with Gasteiger partial charge in [0.1, 0.15) is 28.8 Å². The summed E-state index contributed by atoms with van der Waals surface area (Å²) >= 11 is 0. The van der Waals surface area contributed by atoms with Crippen LogP contribution >= 0.6 is 0 Å². The smallest absolute Gasteiger partial charge is 0.146 e. The normalized spacial score (nSPS) is 10.8. The fraction of sp³-hybridized carbons (Fsp3) is 0.263. The van der Waals surface area contributed by atoms with Crippen molar-refractivity contribution in [3.05, 3.63) is 35.4 Å². The summed E-state index contributed by atoms with van der Waals surface area (Å²) in [5.74, 6) is 1.51. The first-order valence-electron chi connectivity index (χ1n) is 7.38. The van der Waals surface area contributed by atoms with Crippen LogP contribution in [0.15, 0.2) is 28.7 Å². The number of hydrogen-bond donors (Lipinski definition) is 0. The lowest BCUT2D eigenvalue weighted by Gasteiger charge is -2.07. The molecule has 0 unspecified atom stereocenters.